The summed E-state index contributed by atoms with van der Waals surface area (Å²) in [6, 6.07) is 8.18. The molecule has 9 heteroatoms. The van der Waals surface area contributed by atoms with Crippen LogP contribution in [0.2, 0.25) is 0 Å². The van der Waals surface area contributed by atoms with Crippen LogP contribution in [0, 0.1) is 24.6 Å². The Hall–Kier alpha value is -3.41. The summed E-state index contributed by atoms with van der Waals surface area (Å²) in [5.41, 5.74) is -0.536. The predicted octanol–water partition coefficient (Wildman–Crippen LogP) is 5.96. The monoisotopic (exact) mass is 482 g/mol. The summed E-state index contributed by atoms with van der Waals surface area (Å²) >= 11 is 0. The summed E-state index contributed by atoms with van der Waals surface area (Å²) < 4.78 is 71.1. The number of hydrogen-bond acceptors (Lipinski definition) is 5. The maximum atomic E-state index is 14.7. The van der Waals surface area contributed by atoms with Crippen molar-refractivity contribution in [3.05, 3.63) is 53.3 Å². The normalized spacial score (nSPS) is 11.3. The van der Waals surface area contributed by atoms with Gasteiger partial charge < -0.3 is 18.9 Å². The number of ether oxygens (including phenoxy) is 4. The van der Waals surface area contributed by atoms with Crippen molar-refractivity contribution in [1.82, 2.24) is 0 Å². The van der Waals surface area contributed by atoms with E-state index in [0.717, 1.165) is 0 Å². The van der Waals surface area contributed by atoms with Crippen LogP contribution in [-0.2, 0) is 9.53 Å². The van der Waals surface area contributed by atoms with Crippen LogP contribution < -0.4 is 14.2 Å². The van der Waals surface area contributed by atoms with Gasteiger partial charge in [-0.1, -0.05) is 11.8 Å². The molecule has 184 valence electrons. The van der Waals surface area contributed by atoms with Crippen LogP contribution in [0.15, 0.2) is 36.4 Å². The number of carbonyl (C=O) groups is 1. The lowest BCUT2D eigenvalue weighted by Crippen LogP contribution is -2.40. The van der Waals surface area contributed by atoms with E-state index in [1.165, 1.54) is 43.3 Å². The van der Waals surface area contributed by atoms with Crippen molar-refractivity contribution in [3.8, 4) is 29.1 Å². The smallest absolute Gasteiger partial charge is 0.490 e. The molecule has 0 radical (unpaired) electrons. The molecule has 2 aromatic carbocycles. The number of halogens is 4. The number of benzene rings is 2. The van der Waals surface area contributed by atoms with Crippen molar-refractivity contribution >= 4 is 5.97 Å². The van der Waals surface area contributed by atoms with Crippen molar-refractivity contribution in [2.75, 3.05) is 13.2 Å². The molecular formula is C25H26F4O5. The molecule has 34 heavy (non-hydrogen) atoms. The van der Waals surface area contributed by atoms with Gasteiger partial charge in [-0.05, 0) is 70.5 Å². The van der Waals surface area contributed by atoms with E-state index in [9.17, 15) is 22.4 Å². The van der Waals surface area contributed by atoms with Gasteiger partial charge in [-0.2, -0.15) is 0 Å². The van der Waals surface area contributed by atoms with Crippen LogP contribution in [0.1, 0.15) is 44.7 Å². The molecular weight excluding hydrogens is 456 g/mol. The zero-order chi connectivity index (χ0) is 25.4. The zero-order valence-electron chi connectivity index (χ0n) is 19.3. The summed E-state index contributed by atoms with van der Waals surface area (Å²) in [4.78, 5) is 12.0. The van der Waals surface area contributed by atoms with Crippen LogP contribution in [0.3, 0.4) is 0 Å². The quantitative estimate of drug-likeness (QED) is 0.191. The first-order valence-corrected chi connectivity index (χ1v) is 10.6. The summed E-state index contributed by atoms with van der Waals surface area (Å²) in [6.07, 6.45) is -3.79. The van der Waals surface area contributed by atoms with Gasteiger partial charge in [0.1, 0.15) is 11.5 Å². The van der Waals surface area contributed by atoms with E-state index < -0.39 is 23.7 Å². The van der Waals surface area contributed by atoms with Crippen LogP contribution in [0.25, 0.3) is 0 Å². The van der Waals surface area contributed by atoms with Crippen molar-refractivity contribution < 1.29 is 41.3 Å². The predicted molar refractivity (Wildman–Crippen MR) is 117 cm³/mol. The largest absolute Gasteiger partial charge is 0.573 e. The van der Waals surface area contributed by atoms with Crippen LogP contribution in [-0.4, -0.2) is 31.1 Å². The number of unbranched alkanes of at least 4 members (excludes halogenated alkanes) is 1. The minimum absolute atomic E-state index is 0.0482. The summed E-state index contributed by atoms with van der Waals surface area (Å²) in [5.74, 6) is 4.51. The Morgan fingerprint density at radius 2 is 1.65 bits per heavy atom. The zero-order valence-corrected chi connectivity index (χ0v) is 19.3. The average molecular weight is 482 g/mol. The lowest BCUT2D eigenvalue weighted by molar-refractivity contribution is -0.274. The van der Waals surface area contributed by atoms with Gasteiger partial charge in [-0.15, -0.1) is 13.2 Å². The molecule has 0 N–H and O–H groups in total. The van der Waals surface area contributed by atoms with Crippen LogP contribution >= 0.6 is 0 Å². The number of alkyl halides is 3. The highest BCUT2D eigenvalue weighted by Gasteiger charge is 2.33. The van der Waals surface area contributed by atoms with Gasteiger partial charge in [0.2, 0.25) is 0 Å². The first kappa shape index (κ1) is 26.8. The number of carbonyl (C=O) groups excluding carboxylic acids is 1. The second kappa shape index (κ2) is 11.6. The van der Waals surface area contributed by atoms with Gasteiger partial charge in [-0.3, -0.25) is 0 Å². The van der Waals surface area contributed by atoms with Crippen molar-refractivity contribution in [1.29, 1.82) is 0 Å². The Kier molecular flexibility index (Phi) is 9.19. The molecule has 0 fully saturated rings. The molecule has 0 saturated carbocycles. The minimum atomic E-state index is -4.74. The fourth-order valence-electron chi connectivity index (χ4n) is 2.73. The SMILES string of the molecule is CCOC(=O)C(C)(C)Oc1ccc(OCCCC#Cc2ccc(OC(F)(F)F)cc2)c(F)c1C. The number of hydrogen-bond donors (Lipinski definition) is 0. The standard InChI is InChI=1S/C25H26F4O5/c1-5-31-23(30)24(3,4)34-20-14-15-21(22(26)17(20)2)32-16-8-6-7-9-18-10-12-19(13-11-18)33-25(27,28)29/h10-15H,5-6,8,16H2,1-4H3. The summed E-state index contributed by atoms with van der Waals surface area (Å²) in [6.45, 7) is 6.70. The molecule has 2 rings (SSSR count). The van der Waals surface area contributed by atoms with Gasteiger partial charge in [0.05, 0.1) is 13.2 Å². The summed E-state index contributed by atoms with van der Waals surface area (Å²) in [5, 5.41) is 0. The Balaban J connectivity index is 1.86. The highest BCUT2D eigenvalue weighted by molar-refractivity contribution is 5.79. The molecule has 0 bridgehead atoms. The molecule has 0 aromatic heterocycles. The van der Waals surface area contributed by atoms with E-state index >= 15 is 0 Å². The van der Waals surface area contributed by atoms with Crippen LogP contribution in [0.5, 0.6) is 17.2 Å². The highest BCUT2D eigenvalue weighted by Crippen LogP contribution is 2.31. The minimum Gasteiger partial charge on any atom is -0.490 e. The maximum absolute atomic E-state index is 14.7. The second-order valence-electron chi connectivity index (χ2n) is 7.66. The Morgan fingerprint density at radius 1 is 1.00 bits per heavy atom. The van der Waals surface area contributed by atoms with Gasteiger partial charge in [0.15, 0.2) is 17.2 Å². The molecule has 0 unspecified atom stereocenters. The third-order valence-electron chi connectivity index (χ3n) is 4.46. The van der Waals surface area contributed by atoms with Crippen LogP contribution in [0.4, 0.5) is 17.6 Å². The molecule has 0 aliphatic carbocycles. The fraction of sp³-hybridized carbons (Fsp3) is 0.400. The van der Waals surface area contributed by atoms with E-state index in [1.807, 2.05) is 0 Å². The number of rotatable bonds is 9. The average Bonchev–Trinajstić information content (AvgIpc) is 2.75. The Labute approximate surface area is 196 Å². The Morgan fingerprint density at radius 3 is 2.26 bits per heavy atom. The van der Waals surface area contributed by atoms with E-state index in [1.54, 1.807) is 20.8 Å². The van der Waals surface area contributed by atoms with E-state index in [4.69, 9.17) is 14.2 Å². The van der Waals surface area contributed by atoms with E-state index in [-0.39, 0.29) is 36.0 Å². The second-order valence-corrected chi connectivity index (χ2v) is 7.66. The molecule has 0 aliphatic rings. The Bertz CT molecular complexity index is 1030. The third-order valence-corrected chi connectivity index (χ3v) is 4.46. The van der Waals surface area contributed by atoms with Gasteiger partial charge in [0, 0.05) is 17.5 Å². The van der Waals surface area contributed by atoms with Crippen molar-refractivity contribution in [2.45, 2.75) is 52.5 Å². The molecule has 2 aromatic rings. The van der Waals surface area contributed by atoms with Crippen molar-refractivity contribution in [2.24, 2.45) is 0 Å². The topological polar surface area (TPSA) is 54.0 Å². The first-order chi connectivity index (χ1) is 15.9. The molecule has 0 spiro atoms. The van der Waals surface area contributed by atoms with Crippen molar-refractivity contribution in [3.63, 3.8) is 0 Å². The lowest BCUT2D eigenvalue weighted by Gasteiger charge is -2.25. The molecule has 0 amide bonds. The number of esters is 1. The van der Waals surface area contributed by atoms with Gasteiger partial charge >= 0.3 is 12.3 Å². The molecule has 0 aliphatic heterocycles. The third kappa shape index (κ3) is 8.18. The molecule has 0 heterocycles. The summed E-state index contributed by atoms with van der Waals surface area (Å²) in [7, 11) is 0. The van der Waals surface area contributed by atoms with E-state index in [0.29, 0.717) is 18.4 Å². The molecule has 0 saturated heterocycles. The lowest BCUT2D eigenvalue weighted by atomic mass is 10.1. The first-order valence-electron chi connectivity index (χ1n) is 10.6. The van der Waals surface area contributed by atoms with Gasteiger partial charge in [0.25, 0.3) is 0 Å². The van der Waals surface area contributed by atoms with E-state index in [2.05, 4.69) is 16.6 Å². The maximum Gasteiger partial charge on any atom is 0.573 e. The molecule has 5 nitrogen and oxygen atoms in total. The molecule has 0 atom stereocenters. The highest BCUT2D eigenvalue weighted by atomic mass is 19.4. The fourth-order valence-corrected chi connectivity index (χ4v) is 2.73. The van der Waals surface area contributed by atoms with Gasteiger partial charge in [-0.25, -0.2) is 9.18 Å².